The number of halogens is 2. The second-order valence-corrected chi connectivity index (χ2v) is 7.29. The van der Waals surface area contributed by atoms with E-state index < -0.39 is 12.4 Å². The van der Waals surface area contributed by atoms with Crippen molar-refractivity contribution in [3.05, 3.63) is 72.0 Å². The van der Waals surface area contributed by atoms with Crippen molar-refractivity contribution in [2.45, 2.75) is 32.7 Å². The average molecular weight is 484 g/mol. The number of allylic oxidation sites excluding steroid dienone is 2. The van der Waals surface area contributed by atoms with E-state index in [2.05, 4.69) is 28.2 Å². The van der Waals surface area contributed by atoms with Gasteiger partial charge in [-0.15, -0.1) is 12.8 Å². The number of nitrogens with zero attached hydrogens (tertiary/aromatic N) is 3. The number of carbonyl (C=O) groups is 1. The number of pyridine rings is 1. The lowest BCUT2D eigenvalue weighted by molar-refractivity contribution is 0.0951. The molecule has 0 unspecified atom stereocenters. The molecule has 0 bridgehead atoms. The molecule has 1 aliphatic rings. The van der Waals surface area contributed by atoms with Gasteiger partial charge in [-0.05, 0) is 50.5 Å². The summed E-state index contributed by atoms with van der Waals surface area (Å²) in [4.78, 5) is 16.2. The second-order valence-electron chi connectivity index (χ2n) is 7.29. The van der Waals surface area contributed by atoms with Crippen LogP contribution in [0.4, 0.5) is 14.6 Å². The van der Waals surface area contributed by atoms with Gasteiger partial charge in [0.05, 0.1) is 12.1 Å². The number of hydrazine groups is 1. The number of carbonyl (C=O) groups excluding carboxylic acids is 1. The molecule has 35 heavy (non-hydrogen) atoms. The lowest BCUT2D eigenvalue weighted by Gasteiger charge is -2.20. The summed E-state index contributed by atoms with van der Waals surface area (Å²) < 4.78 is 25.5. The molecule has 3 rings (SSSR count). The second kappa shape index (κ2) is 14.8. The number of amides is 1. The van der Waals surface area contributed by atoms with E-state index in [0.29, 0.717) is 11.1 Å². The first-order valence-electron chi connectivity index (χ1n) is 10.7. The van der Waals surface area contributed by atoms with Crippen LogP contribution in [0.1, 0.15) is 42.6 Å². The maximum atomic E-state index is 13.2. The lowest BCUT2D eigenvalue weighted by atomic mass is 10.0. The highest BCUT2D eigenvalue weighted by molar-refractivity contribution is 6.03. The number of rotatable bonds is 6. The fourth-order valence-corrected chi connectivity index (χ4v) is 2.69. The molecular formula is C25H31F2N7O. The van der Waals surface area contributed by atoms with E-state index in [0.717, 1.165) is 23.4 Å². The molecule has 1 aliphatic carbocycles. The molecule has 8 nitrogen and oxygen atoms in total. The molecule has 1 aromatic heterocycles. The van der Waals surface area contributed by atoms with E-state index in [1.54, 1.807) is 30.3 Å². The molecule has 1 saturated carbocycles. The number of anilines is 1. The quantitative estimate of drug-likeness (QED) is 0.124. The van der Waals surface area contributed by atoms with Gasteiger partial charge in [-0.1, -0.05) is 24.3 Å². The van der Waals surface area contributed by atoms with Crippen LogP contribution in [-0.2, 0) is 0 Å². The minimum Gasteiger partial charge on any atom is -0.383 e. The summed E-state index contributed by atoms with van der Waals surface area (Å²) in [5.41, 5.74) is 8.12. The van der Waals surface area contributed by atoms with E-state index in [9.17, 15) is 13.6 Å². The molecular weight excluding hydrogens is 452 g/mol. The number of aromatic nitrogens is 1. The summed E-state index contributed by atoms with van der Waals surface area (Å²) in [5, 5.41) is 7.29. The zero-order chi connectivity index (χ0) is 26.4. The summed E-state index contributed by atoms with van der Waals surface area (Å²) in [6.07, 6.45) is 15.4. The Labute approximate surface area is 204 Å². The van der Waals surface area contributed by atoms with Crippen molar-refractivity contribution in [3.63, 3.8) is 0 Å². The van der Waals surface area contributed by atoms with Gasteiger partial charge in [0, 0.05) is 23.4 Å². The van der Waals surface area contributed by atoms with Gasteiger partial charge in [0.1, 0.15) is 18.0 Å². The van der Waals surface area contributed by atoms with Crippen molar-refractivity contribution in [1.29, 1.82) is 0 Å². The van der Waals surface area contributed by atoms with Gasteiger partial charge in [0.15, 0.2) is 5.84 Å². The van der Waals surface area contributed by atoms with Gasteiger partial charge in [-0.2, -0.15) is 5.10 Å². The van der Waals surface area contributed by atoms with Gasteiger partial charge < -0.3 is 16.9 Å². The minimum absolute atomic E-state index is 0.0609. The van der Waals surface area contributed by atoms with Crippen LogP contribution in [0.2, 0.25) is 0 Å². The van der Waals surface area contributed by atoms with E-state index in [1.807, 2.05) is 26.0 Å². The number of nitrogen functional groups attached to an aromatic ring is 1. The van der Waals surface area contributed by atoms with Crippen LogP contribution in [0.15, 0.2) is 65.9 Å². The van der Waals surface area contributed by atoms with E-state index in [1.165, 1.54) is 6.20 Å². The molecule has 1 aromatic carbocycles. The molecule has 0 atom stereocenters. The highest BCUT2D eigenvalue weighted by Crippen LogP contribution is 2.24. The lowest BCUT2D eigenvalue weighted by Crippen LogP contribution is -2.40. The summed E-state index contributed by atoms with van der Waals surface area (Å²) in [6, 6.07) is 8.85. The molecule has 0 aliphatic heterocycles. The molecule has 0 spiro atoms. The molecule has 0 radical (unpaired) electrons. The summed E-state index contributed by atoms with van der Waals surface area (Å²) >= 11 is 0. The normalized spacial score (nSPS) is 13.2. The van der Waals surface area contributed by atoms with Crippen LogP contribution in [0.25, 0.3) is 11.1 Å². The zero-order valence-electron chi connectivity index (χ0n) is 19.8. The van der Waals surface area contributed by atoms with E-state index in [-0.39, 0.29) is 35.5 Å². The predicted octanol–water partition coefficient (Wildman–Crippen LogP) is 3.63. The minimum atomic E-state index is -1.10. The van der Waals surface area contributed by atoms with Crippen LogP contribution < -0.4 is 22.7 Å². The topological polar surface area (TPSA) is 136 Å². The third kappa shape index (κ3) is 8.91. The van der Waals surface area contributed by atoms with Crippen LogP contribution in [0.5, 0.6) is 0 Å². The zero-order valence-corrected chi connectivity index (χ0v) is 19.8. The highest BCUT2D eigenvalue weighted by Gasteiger charge is 2.23. The van der Waals surface area contributed by atoms with Gasteiger partial charge in [-0.3, -0.25) is 9.80 Å². The van der Waals surface area contributed by atoms with Crippen molar-refractivity contribution in [2.75, 3.05) is 12.3 Å². The smallest absolute Gasteiger partial charge is 0.251 e. The van der Waals surface area contributed by atoms with Crippen molar-refractivity contribution < 1.29 is 13.6 Å². The molecule has 186 valence electrons. The number of nitrogens with one attached hydrogen (secondary N) is 1. The van der Waals surface area contributed by atoms with Crippen LogP contribution in [0.3, 0.4) is 0 Å². The third-order valence-corrected chi connectivity index (χ3v) is 4.72. The van der Waals surface area contributed by atoms with Gasteiger partial charge >= 0.3 is 0 Å². The standard InChI is InChI=1S/C19H21F2N7O.C4H8.C2H2/c20-8-14(21)10-28(24)18(27-23)16-7-13(9-25-17(16)22)11-1-3-12(4-2-11)19(29)26-15-5-6-15;1-3-4-2;1-2/h1-4,7-9,15H,5-6,10,23-24H2,(H2,22,25)(H,26,29);3-4H,1-2H3;1-2H/b14-8-,27-18-;4-3-;. The van der Waals surface area contributed by atoms with E-state index >= 15 is 0 Å². The molecule has 7 N–H and O–H groups in total. The largest absolute Gasteiger partial charge is 0.383 e. The number of hydrazone groups is 1. The molecule has 1 heterocycles. The van der Waals surface area contributed by atoms with Crippen molar-refractivity contribution in [2.24, 2.45) is 16.8 Å². The first-order valence-corrected chi connectivity index (χ1v) is 10.7. The van der Waals surface area contributed by atoms with Gasteiger partial charge in [0.2, 0.25) is 0 Å². The van der Waals surface area contributed by atoms with Gasteiger partial charge in [-0.25, -0.2) is 19.6 Å². The molecule has 1 fully saturated rings. The van der Waals surface area contributed by atoms with Gasteiger partial charge in [0.25, 0.3) is 5.91 Å². The molecule has 0 saturated heterocycles. The third-order valence-electron chi connectivity index (χ3n) is 4.72. The monoisotopic (exact) mass is 483 g/mol. The van der Waals surface area contributed by atoms with Crippen molar-refractivity contribution in [1.82, 2.24) is 15.3 Å². The predicted molar refractivity (Wildman–Crippen MR) is 137 cm³/mol. The Hall–Kier alpha value is -4.23. The summed E-state index contributed by atoms with van der Waals surface area (Å²) in [6.45, 7) is 3.42. The Balaban J connectivity index is 0.000000926. The summed E-state index contributed by atoms with van der Waals surface area (Å²) in [5.74, 6) is 9.91. The number of amidine groups is 1. The number of nitrogens with two attached hydrogens (primary N) is 3. The number of hydrogen-bond acceptors (Lipinski definition) is 6. The Morgan fingerprint density at radius 3 is 2.31 bits per heavy atom. The Morgan fingerprint density at radius 1 is 1.23 bits per heavy atom. The SMILES string of the molecule is C#C.C/C=C\C.N/N=C(/c1cc(-c2ccc(C(=O)NC3CC3)cc2)cnc1N)N(N)C/C(F)=C/F. The molecule has 2 aromatic rings. The maximum absolute atomic E-state index is 13.2. The Bertz CT molecular complexity index is 1070. The fourth-order valence-electron chi connectivity index (χ4n) is 2.69. The molecule has 10 heteroatoms. The maximum Gasteiger partial charge on any atom is 0.251 e. The van der Waals surface area contributed by atoms with Crippen molar-refractivity contribution in [3.8, 4) is 24.0 Å². The number of hydrogen-bond donors (Lipinski definition) is 4. The average Bonchev–Trinajstić information content (AvgIpc) is 3.71. The highest BCUT2D eigenvalue weighted by atomic mass is 19.2. The van der Waals surface area contributed by atoms with Crippen LogP contribution >= 0.6 is 0 Å². The fraction of sp³-hybridized carbons (Fsp3) is 0.240. The van der Waals surface area contributed by atoms with Crippen molar-refractivity contribution >= 4 is 17.6 Å². The first kappa shape index (κ1) is 28.8. The van der Waals surface area contributed by atoms with Crippen LogP contribution in [0, 0.1) is 12.8 Å². The summed E-state index contributed by atoms with van der Waals surface area (Å²) in [7, 11) is 0. The molecule has 1 amide bonds. The van der Waals surface area contributed by atoms with E-state index in [4.69, 9.17) is 17.4 Å². The Kier molecular flexibility index (Phi) is 12.2. The number of benzene rings is 1. The van der Waals surface area contributed by atoms with Crippen LogP contribution in [-0.4, -0.2) is 34.3 Å². The number of terminal acetylenes is 1. The Morgan fingerprint density at radius 2 is 1.83 bits per heavy atom. The first-order chi connectivity index (χ1) is 16.8.